The molecule has 1 aromatic rings. The number of hydrogen-bond acceptors (Lipinski definition) is 8. The van der Waals surface area contributed by atoms with E-state index in [1.807, 2.05) is 0 Å². The van der Waals surface area contributed by atoms with Crippen LogP contribution in [0.5, 0.6) is 0 Å². The van der Waals surface area contributed by atoms with Crippen molar-refractivity contribution in [2.75, 3.05) is 79.3 Å². The molecule has 8 nitrogen and oxygen atoms in total. The summed E-state index contributed by atoms with van der Waals surface area (Å²) in [5.41, 5.74) is -0.515. The van der Waals surface area contributed by atoms with E-state index >= 15 is 0 Å². The fourth-order valence-corrected chi connectivity index (χ4v) is 2.38. The molecule has 0 bridgehead atoms. The zero-order valence-corrected chi connectivity index (χ0v) is 21.7. The molecule has 1 aliphatic heterocycles. The summed E-state index contributed by atoms with van der Waals surface area (Å²) in [6, 6.07) is 6.38. The Morgan fingerprint density at radius 3 is 1.13 bits per heavy atom. The summed E-state index contributed by atoms with van der Waals surface area (Å²) in [5, 5.41) is -3.79. The molecule has 31 heavy (non-hydrogen) atoms. The summed E-state index contributed by atoms with van der Waals surface area (Å²) in [6.07, 6.45) is 0. The van der Waals surface area contributed by atoms with Crippen molar-refractivity contribution in [1.82, 2.24) is 0 Å². The van der Waals surface area contributed by atoms with Gasteiger partial charge >= 0.3 is 56.6 Å². The van der Waals surface area contributed by atoms with Gasteiger partial charge < -0.3 is 33.0 Å². The predicted octanol–water partition coefficient (Wildman–Crippen LogP) is -1.28. The predicted molar refractivity (Wildman–Crippen MR) is 104 cm³/mol. The number of hydrogen-bond donors (Lipinski definition) is 0. The van der Waals surface area contributed by atoms with Crippen LogP contribution in [0.2, 0.25) is 0 Å². The van der Waals surface area contributed by atoms with Crippen LogP contribution >= 0.6 is 0 Å². The van der Waals surface area contributed by atoms with Crippen molar-refractivity contribution >= 4 is 11.1 Å². The zero-order chi connectivity index (χ0) is 21.9. The third-order valence-electron chi connectivity index (χ3n) is 3.55. The van der Waals surface area contributed by atoms with E-state index in [1.165, 1.54) is 18.2 Å². The van der Waals surface area contributed by atoms with Gasteiger partial charge in [-0.25, -0.2) is 0 Å². The number of halogens is 2. The van der Waals surface area contributed by atoms with Crippen LogP contribution in [0.25, 0.3) is 0 Å². The van der Waals surface area contributed by atoms with Crippen molar-refractivity contribution in [3.05, 3.63) is 35.9 Å². The Morgan fingerprint density at radius 2 is 0.903 bits per heavy atom. The quantitative estimate of drug-likeness (QED) is 0.371. The molecule has 0 aromatic heterocycles. The SMILES string of the molecule is C1COCCOCCOCCOCCOCCO1.O=S([O-])C(F)(F)c1ccccc1.[K+]. The summed E-state index contributed by atoms with van der Waals surface area (Å²) in [7, 11) is 0. The largest absolute Gasteiger partial charge is 1.00 e. The van der Waals surface area contributed by atoms with Gasteiger partial charge in [0.15, 0.2) is 0 Å². The Morgan fingerprint density at radius 1 is 0.645 bits per heavy atom. The average molecular weight is 495 g/mol. The van der Waals surface area contributed by atoms with E-state index in [9.17, 15) is 17.5 Å². The number of alkyl halides is 2. The molecule has 12 heteroatoms. The molecule has 0 radical (unpaired) electrons. The molecule has 0 aliphatic carbocycles. The molecule has 1 unspecified atom stereocenters. The summed E-state index contributed by atoms with van der Waals surface area (Å²) in [5.74, 6) is 0. The van der Waals surface area contributed by atoms with Crippen LogP contribution < -0.4 is 51.4 Å². The van der Waals surface area contributed by atoms with Gasteiger partial charge in [-0.3, -0.25) is 4.21 Å². The fourth-order valence-electron chi connectivity index (χ4n) is 2.05. The van der Waals surface area contributed by atoms with Crippen LogP contribution in [0.1, 0.15) is 5.56 Å². The van der Waals surface area contributed by atoms with Crippen molar-refractivity contribution in [3.8, 4) is 0 Å². The minimum atomic E-state index is -3.79. The van der Waals surface area contributed by atoms with E-state index in [2.05, 4.69) is 0 Å². The van der Waals surface area contributed by atoms with E-state index < -0.39 is 21.9 Å². The van der Waals surface area contributed by atoms with Crippen molar-refractivity contribution in [3.63, 3.8) is 0 Å². The molecule has 174 valence electrons. The van der Waals surface area contributed by atoms with Gasteiger partial charge in [0.2, 0.25) is 0 Å². The monoisotopic (exact) mass is 494 g/mol. The summed E-state index contributed by atoms with van der Waals surface area (Å²) in [4.78, 5) is 0. The number of benzene rings is 1. The van der Waals surface area contributed by atoms with Crippen molar-refractivity contribution in [2.45, 2.75) is 5.25 Å². The molecule has 1 saturated heterocycles. The minimum absolute atomic E-state index is 0. The van der Waals surface area contributed by atoms with E-state index in [1.54, 1.807) is 0 Å². The smallest absolute Gasteiger partial charge is 0.768 e. The first-order chi connectivity index (χ1) is 14.5. The minimum Gasteiger partial charge on any atom is -0.768 e. The maximum atomic E-state index is 12.7. The molecule has 0 spiro atoms. The standard InChI is InChI=1S/C12H24O6.C7H6F2O2S.K/c1-2-14-5-6-16-9-10-18-12-11-17-8-7-15-4-3-13-1;8-7(9,12(10)11)6-4-2-1-3-5-6;/h1-12H2;1-5H,(H,10,11);/q;;+1/p-1. The van der Waals surface area contributed by atoms with Gasteiger partial charge in [-0.1, -0.05) is 30.3 Å². The zero-order valence-electron chi connectivity index (χ0n) is 17.8. The van der Waals surface area contributed by atoms with Gasteiger partial charge in [0.1, 0.15) is 0 Å². The van der Waals surface area contributed by atoms with Crippen LogP contribution in [-0.2, 0) is 44.8 Å². The Bertz CT molecular complexity index is 482. The van der Waals surface area contributed by atoms with Gasteiger partial charge in [0, 0.05) is 16.6 Å². The second-order valence-electron chi connectivity index (χ2n) is 5.79. The normalized spacial score (nSPS) is 19.5. The van der Waals surface area contributed by atoms with Gasteiger partial charge in [-0.05, 0) is 0 Å². The van der Waals surface area contributed by atoms with E-state index in [4.69, 9.17) is 28.4 Å². The van der Waals surface area contributed by atoms with Gasteiger partial charge in [-0.2, -0.15) is 8.78 Å². The van der Waals surface area contributed by atoms with Crippen LogP contribution in [0, 0.1) is 0 Å². The molecule has 1 fully saturated rings. The Hall–Kier alpha value is 0.586. The molecule has 0 saturated carbocycles. The Labute approximate surface area is 226 Å². The van der Waals surface area contributed by atoms with Gasteiger partial charge in [0.25, 0.3) is 0 Å². The second-order valence-corrected chi connectivity index (χ2v) is 6.77. The summed E-state index contributed by atoms with van der Waals surface area (Å²) < 4.78 is 77.4. The summed E-state index contributed by atoms with van der Waals surface area (Å²) >= 11 is -3.41. The van der Waals surface area contributed by atoms with E-state index in [0.717, 1.165) is 12.1 Å². The van der Waals surface area contributed by atoms with Crippen molar-refractivity contribution in [2.24, 2.45) is 0 Å². The Balaban J connectivity index is 0.000000605. The maximum Gasteiger partial charge on any atom is 1.00 e. The summed E-state index contributed by atoms with van der Waals surface area (Å²) in [6.45, 7) is 7.04. The van der Waals surface area contributed by atoms with Crippen LogP contribution in [0.15, 0.2) is 30.3 Å². The number of ether oxygens (including phenoxy) is 6. The first-order valence-electron chi connectivity index (χ1n) is 9.54. The molecule has 0 amide bonds. The first kappa shape index (κ1) is 31.6. The second kappa shape index (κ2) is 21.1. The molecule has 1 atom stereocenters. The van der Waals surface area contributed by atoms with Gasteiger partial charge in [-0.15, -0.1) is 0 Å². The Kier molecular flexibility index (Phi) is 21.5. The van der Waals surface area contributed by atoms with Crippen LogP contribution in [0.4, 0.5) is 8.78 Å². The fraction of sp³-hybridized carbons (Fsp3) is 0.684. The molecule has 1 aromatic carbocycles. The topological polar surface area (TPSA) is 95.5 Å². The first-order valence-corrected chi connectivity index (χ1v) is 10.6. The third kappa shape index (κ3) is 16.8. The molecule has 2 rings (SSSR count). The van der Waals surface area contributed by atoms with Crippen molar-refractivity contribution < 1.29 is 97.3 Å². The average Bonchev–Trinajstić information content (AvgIpc) is 2.75. The third-order valence-corrected chi connectivity index (χ3v) is 4.21. The maximum absolute atomic E-state index is 12.7. The van der Waals surface area contributed by atoms with Crippen molar-refractivity contribution in [1.29, 1.82) is 0 Å². The molecule has 1 heterocycles. The van der Waals surface area contributed by atoms with E-state index in [0.29, 0.717) is 79.3 Å². The van der Waals surface area contributed by atoms with Crippen LogP contribution in [-0.4, -0.2) is 88.0 Å². The number of rotatable bonds is 2. The molecule has 0 N–H and O–H groups in total. The van der Waals surface area contributed by atoms with Gasteiger partial charge in [0.05, 0.1) is 79.3 Å². The molecule has 1 aliphatic rings. The molecular weight excluding hydrogens is 465 g/mol. The van der Waals surface area contributed by atoms with Crippen LogP contribution in [0.3, 0.4) is 0 Å². The van der Waals surface area contributed by atoms with E-state index in [-0.39, 0.29) is 51.4 Å². The molecular formula is C19H29F2KO8S.